The molecule has 1 fully saturated rings. The second kappa shape index (κ2) is 8.83. The molecule has 0 aliphatic carbocycles. The minimum absolute atomic E-state index is 0.0395. The Morgan fingerprint density at radius 2 is 1.58 bits per heavy atom. The van der Waals surface area contributed by atoms with Gasteiger partial charge in [-0.2, -0.15) is 4.31 Å². The van der Waals surface area contributed by atoms with Crippen molar-refractivity contribution in [3.05, 3.63) is 84.3 Å². The zero-order valence-electron chi connectivity index (χ0n) is 16.6. The highest BCUT2D eigenvalue weighted by Gasteiger charge is 2.28. The number of halogens is 1. The van der Waals surface area contributed by atoms with Crippen molar-refractivity contribution in [3.8, 4) is 0 Å². The maximum atomic E-state index is 13.7. The highest BCUT2D eigenvalue weighted by molar-refractivity contribution is 7.89. The van der Waals surface area contributed by atoms with Crippen molar-refractivity contribution in [1.82, 2.24) is 9.29 Å². The van der Waals surface area contributed by atoms with Crippen LogP contribution in [0.2, 0.25) is 0 Å². The maximum absolute atomic E-state index is 13.7. The van der Waals surface area contributed by atoms with Crippen LogP contribution in [0, 0.1) is 5.82 Å². The molecular weight excluding hydrogens is 419 g/mol. The van der Waals surface area contributed by atoms with E-state index in [1.165, 1.54) is 28.7 Å². The number of sulfonamides is 1. The molecule has 0 spiro atoms. The molecule has 1 saturated heterocycles. The first-order valence-corrected chi connectivity index (χ1v) is 11.2. The molecule has 2 aromatic carbocycles. The van der Waals surface area contributed by atoms with Gasteiger partial charge in [0.05, 0.1) is 22.3 Å². The first-order chi connectivity index (χ1) is 14.9. The Hall–Kier alpha value is -3.30. The van der Waals surface area contributed by atoms with Crippen LogP contribution < -0.4 is 10.2 Å². The van der Waals surface area contributed by atoms with E-state index in [4.69, 9.17) is 0 Å². The van der Waals surface area contributed by atoms with Crippen molar-refractivity contribution in [2.75, 3.05) is 36.4 Å². The van der Waals surface area contributed by atoms with Gasteiger partial charge in [0.25, 0.3) is 5.91 Å². The van der Waals surface area contributed by atoms with Crippen LogP contribution >= 0.6 is 0 Å². The minimum Gasteiger partial charge on any atom is -0.354 e. The van der Waals surface area contributed by atoms with Crippen LogP contribution in [-0.2, 0) is 10.0 Å². The number of rotatable bonds is 5. The first-order valence-electron chi connectivity index (χ1n) is 9.77. The summed E-state index contributed by atoms with van der Waals surface area (Å²) in [5.74, 6) is -0.457. The molecule has 1 aromatic heterocycles. The Labute approximate surface area is 180 Å². The van der Waals surface area contributed by atoms with E-state index in [9.17, 15) is 17.6 Å². The summed E-state index contributed by atoms with van der Waals surface area (Å²) in [6.45, 7) is 1.70. The van der Waals surface area contributed by atoms with Gasteiger partial charge in [-0.05, 0) is 36.4 Å². The molecule has 1 aliphatic heterocycles. The van der Waals surface area contributed by atoms with Crippen LogP contribution in [-0.4, -0.2) is 49.8 Å². The van der Waals surface area contributed by atoms with Gasteiger partial charge in [0.2, 0.25) is 10.0 Å². The second-order valence-electron chi connectivity index (χ2n) is 7.04. The quantitative estimate of drug-likeness (QED) is 0.660. The third-order valence-corrected chi connectivity index (χ3v) is 6.98. The molecule has 0 saturated carbocycles. The van der Waals surface area contributed by atoms with Gasteiger partial charge in [-0.1, -0.05) is 30.3 Å². The lowest BCUT2D eigenvalue weighted by Crippen LogP contribution is -2.48. The van der Waals surface area contributed by atoms with Gasteiger partial charge >= 0.3 is 0 Å². The Morgan fingerprint density at radius 1 is 0.903 bits per heavy atom. The Kier molecular flexibility index (Phi) is 5.97. The largest absolute Gasteiger partial charge is 0.354 e. The van der Waals surface area contributed by atoms with Gasteiger partial charge in [0.1, 0.15) is 11.6 Å². The number of carbonyl (C=O) groups is 1. The van der Waals surface area contributed by atoms with Gasteiger partial charge < -0.3 is 10.2 Å². The highest BCUT2D eigenvalue weighted by Crippen LogP contribution is 2.21. The molecule has 1 N–H and O–H groups in total. The predicted molar refractivity (Wildman–Crippen MR) is 116 cm³/mol. The zero-order chi connectivity index (χ0) is 21.8. The van der Waals surface area contributed by atoms with Crippen LogP contribution in [0.15, 0.2) is 77.8 Å². The predicted octanol–water partition coefficient (Wildman–Crippen LogP) is 2.98. The van der Waals surface area contributed by atoms with Gasteiger partial charge in [0.15, 0.2) is 0 Å². The Bertz CT molecular complexity index is 1160. The molecule has 1 aliphatic rings. The number of amides is 1. The molecule has 4 rings (SSSR count). The number of carbonyl (C=O) groups excluding carboxylic acids is 1. The fraction of sp³-hybridized carbons (Fsp3) is 0.182. The number of aromatic nitrogens is 1. The monoisotopic (exact) mass is 440 g/mol. The van der Waals surface area contributed by atoms with E-state index in [1.54, 1.807) is 48.5 Å². The summed E-state index contributed by atoms with van der Waals surface area (Å²) in [6.07, 6.45) is 1.50. The molecule has 3 aromatic rings. The van der Waals surface area contributed by atoms with Crippen molar-refractivity contribution >= 4 is 27.4 Å². The molecule has 0 radical (unpaired) electrons. The maximum Gasteiger partial charge on any atom is 0.258 e. The summed E-state index contributed by atoms with van der Waals surface area (Å²) in [6, 6.07) is 17.6. The molecule has 0 unspecified atom stereocenters. The van der Waals surface area contributed by atoms with Crippen molar-refractivity contribution in [1.29, 1.82) is 0 Å². The second-order valence-corrected chi connectivity index (χ2v) is 8.98. The van der Waals surface area contributed by atoms with Crippen LogP contribution in [0.25, 0.3) is 0 Å². The molecule has 0 bridgehead atoms. The molecule has 7 nitrogen and oxygen atoms in total. The summed E-state index contributed by atoms with van der Waals surface area (Å²) in [7, 11) is -3.51. The fourth-order valence-corrected chi connectivity index (χ4v) is 4.83. The van der Waals surface area contributed by atoms with Gasteiger partial charge in [-0.25, -0.2) is 17.8 Å². The van der Waals surface area contributed by atoms with Gasteiger partial charge in [-0.3, -0.25) is 4.79 Å². The number of anilines is 2. The van der Waals surface area contributed by atoms with Gasteiger partial charge in [0, 0.05) is 26.2 Å². The summed E-state index contributed by atoms with van der Waals surface area (Å²) in [5.41, 5.74) is 0.407. The van der Waals surface area contributed by atoms with Crippen LogP contribution in [0.5, 0.6) is 0 Å². The summed E-state index contributed by atoms with van der Waals surface area (Å²) >= 11 is 0. The van der Waals surface area contributed by atoms with E-state index in [0.29, 0.717) is 37.7 Å². The average Bonchev–Trinajstić information content (AvgIpc) is 2.80. The number of benzene rings is 2. The van der Waals surface area contributed by atoms with Crippen molar-refractivity contribution < 1.29 is 17.6 Å². The van der Waals surface area contributed by atoms with Crippen molar-refractivity contribution in [2.45, 2.75) is 4.90 Å². The molecular formula is C22H21FN4O3S. The molecule has 0 atom stereocenters. The van der Waals surface area contributed by atoms with Crippen molar-refractivity contribution in [3.63, 3.8) is 0 Å². The number of nitrogens with one attached hydrogen (secondary N) is 1. The summed E-state index contributed by atoms with van der Waals surface area (Å²) < 4.78 is 40.7. The molecule has 9 heteroatoms. The van der Waals surface area contributed by atoms with Crippen LogP contribution in [0.3, 0.4) is 0 Å². The summed E-state index contributed by atoms with van der Waals surface area (Å²) in [5, 5.41) is 2.63. The first kappa shape index (κ1) is 21.0. The lowest BCUT2D eigenvalue weighted by molar-refractivity contribution is 0.102. The third kappa shape index (κ3) is 4.57. The normalized spacial score (nSPS) is 14.9. The number of hydrogen-bond donors (Lipinski definition) is 1. The SMILES string of the molecule is O=C(Nc1ccc(N2CCN(S(=O)(=O)c3ccccc3)CC2)nc1)c1ccccc1F. The fourth-order valence-electron chi connectivity index (χ4n) is 3.39. The van der Waals surface area contributed by atoms with Crippen LogP contribution in [0.4, 0.5) is 15.9 Å². The minimum atomic E-state index is -3.51. The number of pyridine rings is 1. The molecule has 160 valence electrons. The number of hydrogen-bond acceptors (Lipinski definition) is 5. The Balaban J connectivity index is 1.37. The molecule has 31 heavy (non-hydrogen) atoms. The summed E-state index contributed by atoms with van der Waals surface area (Å²) in [4.78, 5) is 18.9. The van der Waals surface area contributed by atoms with E-state index < -0.39 is 21.7 Å². The van der Waals surface area contributed by atoms with E-state index in [1.807, 2.05) is 4.90 Å². The molecule has 1 amide bonds. The van der Waals surface area contributed by atoms with E-state index in [-0.39, 0.29) is 10.5 Å². The van der Waals surface area contributed by atoms with E-state index >= 15 is 0 Å². The number of piperazine rings is 1. The molecule has 2 heterocycles. The lowest BCUT2D eigenvalue weighted by Gasteiger charge is -2.34. The topological polar surface area (TPSA) is 82.6 Å². The number of nitrogens with zero attached hydrogens (tertiary/aromatic N) is 3. The smallest absolute Gasteiger partial charge is 0.258 e. The average molecular weight is 441 g/mol. The Morgan fingerprint density at radius 3 is 2.23 bits per heavy atom. The van der Waals surface area contributed by atoms with Gasteiger partial charge in [-0.15, -0.1) is 0 Å². The van der Waals surface area contributed by atoms with Crippen molar-refractivity contribution in [2.24, 2.45) is 0 Å². The van der Waals surface area contributed by atoms with E-state index in [0.717, 1.165) is 0 Å². The highest BCUT2D eigenvalue weighted by atomic mass is 32.2. The third-order valence-electron chi connectivity index (χ3n) is 5.07. The standard InChI is InChI=1S/C22H21FN4O3S/c23-20-9-5-4-8-19(20)22(28)25-17-10-11-21(24-16-17)26-12-14-27(15-13-26)31(29,30)18-6-2-1-3-7-18/h1-11,16H,12-15H2,(H,25,28). The lowest BCUT2D eigenvalue weighted by atomic mass is 10.2. The van der Waals surface area contributed by atoms with E-state index in [2.05, 4.69) is 10.3 Å². The zero-order valence-corrected chi connectivity index (χ0v) is 17.4. The van der Waals surface area contributed by atoms with Crippen LogP contribution in [0.1, 0.15) is 10.4 Å².